The molecule has 106 valence electrons. The predicted octanol–water partition coefficient (Wildman–Crippen LogP) is 1.60. The maximum atomic E-state index is 12.4. The summed E-state index contributed by atoms with van der Waals surface area (Å²) in [4.78, 5) is 13.2. The van der Waals surface area contributed by atoms with E-state index < -0.39 is 5.54 Å². The minimum absolute atomic E-state index is 0.201. The zero-order valence-corrected chi connectivity index (χ0v) is 11.9. The summed E-state index contributed by atoms with van der Waals surface area (Å²) in [5, 5.41) is 17.0. The molecule has 0 aliphatic heterocycles. The lowest BCUT2D eigenvalue weighted by atomic mass is 9.89. The van der Waals surface area contributed by atoms with Crippen molar-refractivity contribution < 1.29 is 4.79 Å². The largest absolute Gasteiger partial charge is 0.335 e. The fourth-order valence-electron chi connectivity index (χ4n) is 2.24. The van der Waals surface area contributed by atoms with Crippen LogP contribution < -0.4 is 5.32 Å². The molecule has 7 heteroatoms. The second-order valence-electron chi connectivity index (χ2n) is 4.70. The first kappa shape index (κ1) is 13.6. The molecule has 0 bridgehead atoms. The van der Waals surface area contributed by atoms with Gasteiger partial charge in [0.15, 0.2) is 0 Å². The predicted molar refractivity (Wildman–Crippen MR) is 80.6 cm³/mol. The molecule has 1 aromatic heterocycles. The quantitative estimate of drug-likeness (QED) is 0.752. The molecule has 2 N–H and O–H groups in total. The van der Waals surface area contributed by atoms with Gasteiger partial charge in [-0.3, -0.25) is 4.79 Å². The van der Waals surface area contributed by atoms with Crippen LogP contribution in [0.2, 0.25) is 0 Å². The van der Waals surface area contributed by atoms with Crippen molar-refractivity contribution in [3.63, 3.8) is 0 Å². The Labute approximate surface area is 126 Å². The van der Waals surface area contributed by atoms with Gasteiger partial charge in [-0.15, -0.1) is 22.8 Å². The molecule has 0 spiro atoms. The van der Waals surface area contributed by atoms with Crippen LogP contribution in [-0.4, -0.2) is 26.5 Å². The highest BCUT2D eigenvalue weighted by Gasteiger charge is 2.36. The molecule has 1 aromatic carbocycles. The summed E-state index contributed by atoms with van der Waals surface area (Å²) >= 11 is 4.35. The van der Waals surface area contributed by atoms with Crippen LogP contribution >= 0.6 is 12.6 Å². The molecule has 0 radical (unpaired) electrons. The average molecular weight is 299 g/mol. The number of amides is 1. The number of tetrazole rings is 1. The summed E-state index contributed by atoms with van der Waals surface area (Å²) in [7, 11) is 0. The van der Waals surface area contributed by atoms with E-state index in [0.717, 1.165) is 4.91 Å². The standard InChI is InChI=1S/C14H13N5OS/c20-12(10-5-2-1-3-6-10)15-14(13-16-18-19-17-13)8-4-7-11(21)9-14/h1-7,9,21H,8H2,(H,15,20)(H,16,17,18,19). The van der Waals surface area contributed by atoms with Gasteiger partial charge in [-0.2, -0.15) is 5.21 Å². The molecule has 0 saturated heterocycles. The van der Waals surface area contributed by atoms with Crippen molar-refractivity contribution in [3.8, 4) is 0 Å². The van der Waals surface area contributed by atoms with E-state index in [1.54, 1.807) is 12.1 Å². The maximum absolute atomic E-state index is 12.4. The smallest absolute Gasteiger partial charge is 0.252 e. The Balaban J connectivity index is 1.95. The van der Waals surface area contributed by atoms with Crippen LogP contribution in [0.15, 0.2) is 53.5 Å². The molecule has 0 saturated carbocycles. The summed E-state index contributed by atoms with van der Waals surface area (Å²) in [6, 6.07) is 9.00. The Bertz CT molecular complexity index is 695. The molecule has 1 unspecified atom stereocenters. The number of hydrogen-bond donors (Lipinski definition) is 3. The van der Waals surface area contributed by atoms with Crippen LogP contribution in [0.1, 0.15) is 22.6 Å². The van der Waals surface area contributed by atoms with Gasteiger partial charge < -0.3 is 5.32 Å². The Kier molecular flexibility index (Phi) is 3.57. The van der Waals surface area contributed by atoms with Crippen molar-refractivity contribution in [1.82, 2.24) is 25.9 Å². The normalized spacial score (nSPS) is 20.9. The first-order chi connectivity index (χ1) is 10.2. The Morgan fingerprint density at radius 3 is 2.81 bits per heavy atom. The number of hydrogen-bond acceptors (Lipinski definition) is 5. The molecule has 1 amide bonds. The van der Waals surface area contributed by atoms with Crippen molar-refractivity contribution in [2.45, 2.75) is 12.0 Å². The van der Waals surface area contributed by atoms with Crippen LogP contribution in [0.3, 0.4) is 0 Å². The van der Waals surface area contributed by atoms with E-state index in [2.05, 4.69) is 38.6 Å². The van der Waals surface area contributed by atoms with Crippen molar-refractivity contribution in [2.75, 3.05) is 0 Å². The van der Waals surface area contributed by atoms with Gasteiger partial charge in [0.1, 0.15) is 5.54 Å². The number of nitrogens with zero attached hydrogens (tertiary/aromatic N) is 3. The molecule has 1 aliphatic rings. The van der Waals surface area contributed by atoms with E-state index in [9.17, 15) is 4.79 Å². The number of carbonyl (C=O) groups excluding carboxylic acids is 1. The van der Waals surface area contributed by atoms with E-state index in [-0.39, 0.29) is 5.91 Å². The Morgan fingerprint density at radius 1 is 1.33 bits per heavy atom. The highest BCUT2D eigenvalue weighted by Crippen LogP contribution is 2.30. The summed E-state index contributed by atoms with van der Waals surface area (Å²) < 4.78 is 0. The lowest BCUT2D eigenvalue weighted by Gasteiger charge is -2.30. The van der Waals surface area contributed by atoms with Gasteiger partial charge >= 0.3 is 0 Å². The SMILES string of the molecule is O=C(NC1(c2nn[nH]n2)C=C(S)C=CC1)c1ccccc1. The zero-order chi connectivity index (χ0) is 14.7. The minimum Gasteiger partial charge on any atom is -0.335 e. The van der Waals surface area contributed by atoms with Gasteiger partial charge in [-0.1, -0.05) is 35.6 Å². The highest BCUT2D eigenvalue weighted by atomic mass is 32.1. The molecular formula is C14H13N5OS. The zero-order valence-electron chi connectivity index (χ0n) is 11.0. The topological polar surface area (TPSA) is 83.6 Å². The third-order valence-corrected chi connectivity index (χ3v) is 3.52. The van der Waals surface area contributed by atoms with E-state index in [4.69, 9.17) is 0 Å². The number of nitrogens with one attached hydrogen (secondary N) is 2. The number of aromatic nitrogens is 4. The number of carbonyl (C=O) groups is 1. The molecule has 6 nitrogen and oxygen atoms in total. The third-order valence-electron chi connectivity index (χ3n) is 3.24. The third kappa shape index (κ3) is 2.73. The van der Waals surface area contributed by atoms with Crippen LogP contribution in [-0.2, 0) is 5.54 Å². The molecule has 2 aromatic rings. The lowest BCUT2D eigenvalue weighted by molar-refractivity contribution is 0.0912. The maximum Gasteiger partial charge on any atom is 0.252 e. The Hall–Kier alpha value is -2.41. The van der Waals surface area contributed by atoms with Crippen molar-refractivity contribution in [2.24, 2.45) is 0 Å². The second kappa shape index (κ2) is 5.53. The van der Waals surface area contributed by atoms with Crippen LogP contribution in [0.4, 0.5) is 0 Å². The molecule has 0 fully saturated rings. The molecule has 3 rings (SSSR count). The number of H-pyrrole nitrogens is 1. The molecule has 1 aliphatic carbocycles. The highest BCUT2D eigenvalue weighted by molar-refractivity contribution is 7.84. The number of thiol groups is 1. The first-order valence-electron chi connectivity index (χ1n) is 6.39. The van der Waals surface area contributed by atoms with Crippen LogP contribution in [0, 0.1) is 0 Å². The van der Waals surface area contributed by atoms with Gasteiger partial charge in [-0.05, 0) is 24.6 Å². The number of aromatic amines is 1. The fourth-order valence-corrected chi connectivity index (χ4v) is 2.56. The van der Waals surface area contributed by atoms with Gasteiger partial charge in [0.2, 0.25) is 5.82 Å². The summed E-state index contributed by atoms with van der Waals surface area (Å²) in [6.07, 6.45) is 6.15. The lowest BCUT2D eigenvalue weighted by Crippen LogP contribution is -2.46. The molecule has 1 heterocycles. The van der Waals surface area contributed by atoms with Gasteiger partial charge in [0.05, 0.1) is 0 Å². The summed E-state index contributed by atoms with van der Waals surface area (Å²) in [5.41, 5.74) is -0.268. The Morgan fingerprint density at radius 2 is 2.14 bits per heavy atom. The second-order valence-corrected chi connectivity index (χ2v) is 5.22. The van der Waals surface area contributed by atoms with Gasteiger partial charge in [0.25, 0.3) is 5.91 Å². The minimum atomic E-state index is -0.842. The van der Waals surface area contributed by atoms with Gasteiger partial charge in [-0.25, -0.2) is 0 Å². The van der Waals surface area contributed by atoms with E-state index >= 15 is 0 Å². The van der Waals surface area contributed by atoms with Crippen LogP contribution in [0.25, 0.3) is 0 Å². The van der Waals surface area contributed by atoms with Crippen molar-refractivity contribution in [1.29, 1.82) is 0 Å². The average Bonchev–Trinajstić information content (AvgIpc) is 3.03. The summed E-state index contributed by atoms with van der Waals surface area (Å²) in [5.74, 6) is 0.204. The molecular weight excluding hydrogens is 286 g/mol. The first-order valence-corrected chi connectivity index (χ1v) is 6.84. The van der Waals surface area contributed by atoms with Crippen LogP contribution in [0.5, 0.6) is 0 Å². The van der Waals surface area contributed by atoms with E-state index in [1.165, 1.54) is 0 Å². The molecule has 1 atom stereocenters. The van der Waals surface area contributed by atoms with E-state index in [1.807, 2.05) is 36.4 Å². The summed E-state index contributed by atoms with van der Waals surface area (Å²) in [6.45, 7) is 0. The van der Waals surface area contributed by atoms with Crippen molar-refractivity contribution in [3.05, 3.63) is 64.9 Å². The number of allylic oxidation sites excluding steroid dienone is 1. The number of benzene rings is 1. The number of rotatable bonds is 3. The monoisotopic (exact) mass is 299 g/mol. The van der Waals surface area contributed by atoms with Crippen molar-refractivity contribution >= 4 is 18.5 Å². The fraction of sp³-hybridized carbons (Fsp3) is 0.143. The van der Waals surface area contributed by atoms with E-state index in [0.29, 0.717) is 17.8 Å². The molecule has 21 heavy (non-hydrogen) atoms. The van der Waals surface area contributed by atoms with Gasteiger partial charge in [0, 0.05) is 10.5 Å².